The highest BCUT2D eigenvalue weighted by Crippen LogP contribution is 2.28. The molecule has 0 saturated carbocycles. The summed E-state index contributed by atoms with van der Waals surface area (Å²) >= 11 is 0. The predicted octanol–water partition coefficient (Wildman–Crippen LogP) is 3.05. The van der Waals surface area contributed by atoms with Crippen molar-refractivity contribution in [2.45, 2.75) is 32.0 Å². The van der Waals surface area contributed by atoms with Crippen molar-refractivity contribution in [2.75, 3.05) is 23.3 Å². The van der Waals surface area contributed by atoms with Crippen molar-refractivity contribution >= 4 is 17.3 Å². The van der Waals surface area contributed by atoms with Gasteiger partial charge in [0, 0.05) is 13.1 Å². The number of aliphatic hydroxyl groups is 1. The molecule has 1 amide bonds. The molecule has 1 aliphatic rings. The molecule has 0 radical (unpaired) electrons. The second kappa shape index (κ2) is 8.03. The summed E-state index contributed by atoms with van der Waals surface area (Å²) in [7, 11) is 0. The van der Waals surface area contributed by atoms with Crippen molar-refractivity contribution in [3.8, 4) is 5.75 Å². The number of carbonyl (C=O) groups excluding carboxylic acids is 1. The van der Waals surface area contributed by atoms with Crippen molar-refractivity contribution in [1.29, 1.82) is 0 Å². The average Bonchev–Trinajstić information content (AvgIpc) is 2.64. The minimum atomic E-state index is -0.598. The first-order chi connectivity index (χ1) is 12.1. The molecule has 5 nitrogen and oxygen atoms in total. The number of amides is 1. The van der Waals surface area contributed by atoms with E-state index < -0.39 is 6.10 Å². The number of hydrogen-bond donors (Lipinski definition) is 2. The Bertz CT molecular complexity index is 697. The largest absolute Gasteiger partial charge is 0.481 e. The molecular formula is C20H24N2O3. The predicted molar refractivity (Wildman–Crippen MR) is 99.1 cm³/mol. The van der Waals surface area contributed by atoms with Crippen LogP contribution in [0.1, 0.15) is 19.8 Å². The second-order valence-electron chi connectivity index (χ2n) is 6.30. The van der Waals surface area contributed by atoms with Crippen LogP contribution in [0.4, 0.5) is 11.4 Å². The first kappa shape index (κ1) is 17.3. The van der Waals surface area contributed by atoms with E-state index in [4.69, 9.17) is 4.74 Å². The summed E-state index contributed by atoms with van der Waals surface area (Å²) in [6.45, 7) is 3.30. The highest BCUT2D eigenvalue weighted by atomic mass is 16.5. The molecule has 2 N–H and O–H groups in total. The highest BCUT2D eigenvalue weighted by molar-refractivity contribution is 5.97. The van der Waals surface area contributed by atoms with Gasteiger partial charge in [0.05, 0.1) is 17.5 Å². The van der Waals surface area contributed by atoms with Gasteiger partial charge in [-0.2, -0.15) is 0 Å². The summed E-state index contributed by atoms with van der Waals surface area (Å²) in [5.41, 5.74) is 1.75. The molecule has 5 heteroatoms. The molecular weight excluding hydrogens is 316 g/mol. The van der Waals surface area contributed by atoms with Gasteiger partial charge in [-0.1, -0.05) is 30.3 Å². The Kier molecular flexibility index (Phi) is 5.56. The van der Waals surface area contributed by atoms with Gasteiger partial charge in [0.2, 0.25) is 0 Å². The first-order valence-electron chi connectivity index (χ1n) is 8.68. The molecule has 3 rings (SSSR count). The quantitative estimate of drug-likeness (QED) is 0.878. The standard InChI is InChI=1S/C20H24N2O3/c1-15(25-17-7-3-2-4-8-17)20(24)21-18-9-5-6-10-19(18)22-13-11-16(23)12-14-22/h2-10,15-16,23H,11-14H2,1H3,(H,21,24). The number of nitrogens with one attached hydrogen (secondary N) is 1. The van der Waals surface area contributed by atoms with Gasteiger partial charge >= 0.3 is 0 Å². The van der Waals surface area contributed by atoms with Gasteiger partial charge in [-0.15, -0.1) is 0 Å². The molecule has 2 aromatic carbocycles. The van der Waals surface area contributed by atoms with Gasteiger partial charge in [-0.25, -0.2) is 0 Å². The summed E-state index contributed by atoms with van der Waals surface area (Å²) in [6.07, 6.45) is 0.668. The van der Waals surface area contributed by atoms with Gasteiger partial charge in [0.15, 0.2) is 6.10 Å². The third-order valence-corrected chi connectivity index (χ3v) is 4.39. The summed E-state index contributed by atoms with van der Waals surface area (Å²) in [6, 6.07) is 17.1. The minimum absolute atomic E-state index is 0.187. The number of nitrogens with zero attached hydrogens (tertiary/aromatic N) is 1. The fourth-order valence-corrected chi connectivity index (χ4v) is 2.95. The van der Waals surface area contributed by atoms with E-state index in [9.17, 15) is 9.90 Å². The zero-order valence-corrected chi connectivity index (χ0v) is 14.4. The summed E-state index contributed by atoms with van der Waals surface area (Å²) in [5, 5.41) is 12.7. The van der Waals surface area contributed by atoms with Crippen LogP contribution in [0.5, 0.6) is 5.75 Å². The van der Waals surface area contributed by atoms with Gasteiger partial charge < -0.3 is 20.1 Å². The summed E-state index contributed by atoms with van der Waals surface area (Å²) < 4.78 is 5.69. The van der Waals surface area contributed by atoms with Crippen LogP contribution in [0.15, 0.2) is 54.6 Å². The average molecular weight is 340 g/mol. The fourth-order valence-electron chi connectivity index (χ4n) is 2.95. The minimum Gasteiger partial charge on any atom is -0.481 e. The number of aliphatic hydroxyl groups excluding tert-OH is 1. The summed E-state index contributed by atoms with van der Waals surface area (Å²) in [5.74, 6) is 0.483. The maximum atomic E-state index is 12.5. The number of anilines is 2. The highest BCUT2D eigenvalue weighted by Gasteiger charge is 2.21. The number of benzene rings is 2. The number of ether oxygens (including phenoxy) is 1. The monoisotopic (exact) mass is 340 g/mol. The van der Waals surface area contributed by atoms with Crippen LogP contribution in [0.25, 0.3) is 0 Å². The topological polar surface area (TPSA) is 61.8 Å². The van der Waals surface area contributed by atoms with Crippen LogP contribution in [0.3, 0.4) is 0 Å². The van der Waals surface area contributed by atoms with E-state index in [0.29, 0.717) is 5.75 Å². The second-order valence-corrected chi connectivity index (χ2v) is 6.30. The number of rotatable bonds is 5. The summed E-state index contributed by atoms with van der Waals surface area (Å²) in [4.78, 5) is 14.7. The van der Waals surface area contributed by atoms with Crippen LogP contribution in [0, 0.1) is 0 Å². The molecule has 25 heavy (non-hydrogen) atoms. The molecule has 132 valence electrons. The van der Waals surface area contributed by atoms with Gasteiger partial charge in [-0.05, 0) is 44.0 Å². The van der Waals surface area contributed by atoms with Gasteiger partial charge in [-0.3, -0.25) is 4.79 Å². The molecule has 2 aromatic rings. The lowest BCUT2D eigenvalue weighted by Crippen LogP contribution is -2.37. The number of hydrogen-bond acceptors (Lipinski definition) is 4. The van der Waals surface area contributed by atoms with E-state index in [2.05, 4.69) is 10.2 Å². The Balaban J connectivity index is 1.67. The van der Waals surface area contributed by atoms with Gasteiger partial charge in [0.25, 0.3) is 5.91 Å². The molecule has 1 atom stereocenters. The lowest BCUT2D eigenvalue weighted by Gasteiger charge is -2.33. The Morgan fingerprint density at radius 1 is 1.12 bits per heavy atom. The molecule has 1 unspecified atom stereocenters. The SMILES string of the molecule is CC(Oc1ccccc1)C(=O)Nc1ccccc1N1CCC(O)CC1. The number of piperidine rings is 1. The van der Waals surface area contributed by atoms with Crippen LogP contribution < -0.4 is 15.0 Å². The Morgan fingerprint density at radius 3 is 2.48 bits per heavy atom. The number of para-hydroxylation sites is 3. The maximum Gasteiger partial charge on any atom is 0.265 e. The smallest absolute Gasteiger partial charge is 0.265 e. The van der Waals surface area contributed by atoms with E-state index in [1.807, 2.05) is 54.6 Å². The normalized spacial score (nSPS) is 16.3. The number of carbonyl (C=O) groups is 1. The molecule has 1 fully saturated rings. The molecule has 1 saturated heterocycles. The lowest BCUT2D eigenvalue weighted by atomic mass is 10.1. The van der Waals surface area contributed by atoms with Crippen LogP contribution in [-0.2, 0) is 4.79 Å². The van der Waals surface area contributed by atoms with E-state index in [1.54, 1.807) is 6.92 Å². The van der Waals surface area contributed by atoms with Crippen LogP contribution in [-0.4, -0.2) is 36.3 Å². The Labute approximate surface area is 148 Å². The molecule has 0 bridgehead atoms. The van der Waals surface area contributed by atoms with Crippen LogP contribution >= 0.6 is 0 Å². The fraction of sp³-hybridized carbons (Fsp3) is 0.350. The van der Waals surface area contributed by atoms with Crippen molar-refractivity contribution in [2.24, 2.45) is 0 Å². The third kappa shape index (κ3) is 4.51. The van der Waals surface area contributed by atoms with Crippen molar-refractivity contribution < 1.29 is 14.6 Å². The van der Waals surface area contributed by atoms with E-state index in [0.717, 1.165) is 37.3 Å². The third-order valence-electron chi connectivity index (χ3n) is 4.39. The zero-order valence-electron chi connectivity index (χ0n) is 14.4. The van der Waals surface area contributed by atoms with Crippen LogP contribution in [0.2, 0.25) is 0 Å². The van der Waals surface area contributed by atoms with Crippen molar-refractivity contribution in [1.82, 2.24) is 0 Å². The van der Waals surface area contributed by atoms with E-state index in [-0.39, 0.29) is 12.0 Å². The van der Waals surface area contributed by atoms with Crippen molar-refractivity contribution in [3.05, 3.63) is 54.6 Å². The van der Waals surface area contributed by atoms with Crippen molar-refractivity contribution in [3.63, 3.8) is 0 Å². The van der Waals surface area contributed by atoms with Gasteiger partial charge in [0.1, 0.15) is 5.75 Å². The molecule has 0 aromatic heterocycles. The lowest BCUT2D eigenvalue weighted by molar-refractivity contribution is -0.122. The van der Waals surface area contributed by atoms with E-state index >= 15 is 0 Å². The molecule has 1 aliphatic heterocycles. The van der Waals surface area contributed by atoms with E-state index in [1.165, 1.54) is 0 Å². The molecule has 1 heterocycles. The molecule has 0 spiro atoms. The Morgan fingerprint density at radius 2 is 1.76 bits per heavy atom. The maximum absolute atomic E-state index is 12.5. The first-order valence-corrected chi connectivity index (χ1v) is 8.68. The molecule has 0 aliphatic carbocycles. The zero-order chi connectivity index (χ0) is 17.6. The Hall–Kier alpha value is -2.53.